The molecule has 1 heterocycles. The number of para-hydroxylation sites is 1. The smallest absolute Gasteiger partial charge is 0.224 e. The molecule has 0 aliphatic carbocycles. The Hall–Kier alpha value is -3.44. The van der Waals surface area contributed by atoms with Crippen LogP contribution in [0.5, 0.6) is 0 Å². The van der Waals surface area contributed by atoms with E-state index in [1.165, 1.54) is 12.1 Å². The summed E-state index contributed by atoms with van der Waals surface area (Å²) in [4.78, 5) is 15.9. The SMILES string of the molecule is O=C(CCc1c(-c2ccc(F)cc2)[nH]c2ccccc12)Nc1cccc(CO)c1. The zero-order valence-corrected chi connectivity index (χ0v) is 15.8. The predicted octanol–water partition coefficient (Wildman–Crippen LogP) is 5.04. The van der Waals surface area contributed by atoms with Crippen molar-refractivity contribution in [2.45, 2.75) is 19.4 Å². The number of aliphatic hydroxyl groups is 1. The van der Waals surface area contributed by atoms with Gasteiger partial charge in [-0.25, -0.2) is 4.39 Å². The van der Waals surface area contributed by atoms with Gasteiger partial charge in [0, 0.05) is 28.7 Å². The number of H-pyrrole nitrogens is 1. The highest BCUT2D eigenvalue weighted by atomic mass is 19.1. The van der Waals surface area contributed by atoms with Crippen LogP contribution in [0.1, 0.15) is 17.5 Å². The lowest BCUT2D eigenvalue weighted by Crippen LogP contribution is -2.12. The molecule has 0 aliphatic rings. The van der Waals surface area contributed by atoms with Crippen LogP contribution in [0, 0.1) is 5.82 Å². The number of aromatic amines is 1. The van der Waals surface area contributed by atoms with Gasteiger partial charge in [-0.2, -0.15) is 0 Å². The summed E-state index contributed by atoms with van der Waals surface area (Å²) in [6.45, 7) is -0.0694. The molecule has 0 atom stereocenters. The number of aryl methyl sites for hydroxylation is 1. The number of fused-ring (bicyclic) bond motifs is 1. The molecule has 1 aromatic heterocycles. The van der Waals surface area contributed by atoms with Crippen LogP contribution in [0.25, 0.3) is 22.2 Å². The van der Waals surface area contributed by atoms with Crippen LogP contribution in [0.4, 0.5) is 10.1 Å². The van der Waals surface area contributed by atoms with E-state index >= 15 is 0 Å². The second kappa shape index (κ2) is 8.29. The van der Waals surface area contributed by atoms with E-state index in [1.807, 2.05) is 24.3 Å². The van der Waals surface area contributed by atoms with Crippen LogP contribution in [0.3, 0.4) is 0 Å². The van der Waals surface area contributed by atoms with Crippen molar-refractivity contribution in [1.29, 1.82) is 0 Å². The summed E-state index contributed by atoms with van der Waals surface area (Å²) in [6.07, 6.45) is 0.849. The van der Waals surface area contributed by atoms with Crippen molar-refractivity contribution in [3.8, 4) is 11.3 Å². The third kappa shape index (κ3) is 4.20. The van der Waals surface area contributed by atoms with Gasteiger partial charge >= 0.3 is 0 Å². The Balaban J connectivity index is 1.57. The van der Waals surface area contributed by atoms with E-state index in [9.17, 15) is 14.3 Å². The molecule has 0 saturated carbocycles. The maximum absolute atomic E-state index is 13.3. The normalized spacial score (nSPS) is 11.0. The highest BCUT2D eigenvalue weighted by Crippen LogP contribution is 2.31. The Bertz CT molecular complexity index is 1150. The zero-order chi connectivity index (χ0) is 20.2. The van der Waals surface area contributed by atoms with Gasteiger partial charge in [-0.1, -0.05) is 30.3 Å². The molecule has 0 bridgehead atoms. The molecule has 4 rings (SSSR count). The number of hydrogen-bond donors (Lipinski definition) is 3. The van der Waals surface area contributed by atoms with Crippen LogP contribution in [-0.4, -0.2) is 16.0 Å². The zero-order valence-electron chi connectivity index (χ0n) is 15.8. The molecule has 0 aliphatic heterocycles. The number of hydrogen-bond acceptors (Lipinski definition) is 2. The number of halogens is 1. The van der Waals surface area contributed by atoms with Crippen molar-refractivity contribution in [3.05, 3.63) is 89.7 Å². The average molecular weight is 388 g/mol. The first-order valence-corrected chi connectivity index (χ1v) is 9.49. The van der Waals surface area contributed by atoms with Gasteiger partial charge in [-0.15, -0.1) is 0 Å². The van der Waals surface area contributed by atoms with Crippen molar-refractivity contribution in [2.75, 3.05) is 5.32 Å². The van der Waals surface area contributed by atoms with Crippen molar-refractivity contribution >= 4 is 22.5 Å². The summed E-state index contributed by atoms with van der Waals surface area (Å²) >= 11 is 0. The predicted molar refractivity (Wildman–Crippen MR) is 113 cm³/mol. The molecule has 5 heteroatoms. The monoisotopic (exact) mass is 388 g/mol. The first-order chi connectivity index (χ1) is 14.1. The van der Waals surface area contributed by atoms with E-state index in [0.717, 1.165) is 33.3 Å². The molecule has 0 radical (unpaired) electrons. The van der Waals surface area contributed by atoms with Crippen LogP contribution in [-0.2, 0) is 17.8 Å². The van der Waals surface area contributed by atoms with Gasteiger partial charge in [-0.3, -0.25) is 4.79 Å². The second-order valence-corrected chi connectivity index (χ2v) is 6.94. The molecule has 4 nitrogen and oxygen atoms in total. The summed E-state index contributed by atoms with van der Waals surface area (Å²) in [6, 6.07) is 21.4. The maximum Gasteiger partial charge on any atom is 0.224 e. The molecule has 3 N–H and O–H groups in total. The summed E-state index contributed by atoms with van der Waals surface area (Å²) in [5, 5.41) is 13.2. The lowest BCUT2D eigenvalue weighted by Gasteiger charge is -2.08. The topological polar surface area (TPSA) is 65.1 Å². The van der Waals surface area contributed by atoms with Crippen LogP contribution in [0.15, 0.2) is 72.8 Å². The quantitative estimate of drug-likeness (QED) is 0.433. The Morgan fingerprint density at radius 1 is 1.00 bits per heavy atom. The molecule has 1 amide bonds. The molecule has 3 aromatic carbocycles. The molecule has 0 spiro atoms. The number of rotatable bonds is 6. The number of amides is 1. The number of aromatic nitrogens is 1. The van der Waals surface area contributed by atoms with Crippen molar-refractivity contribution in [3.63, 3.8) is 0 Å². The van der Waals surface area contributed by atoms with Gasteiger partial charge in [0.1, 0.15) is 5.82 Å². The van der Waals surface area contributed by atoms with E-state index in [0.29, 0.717) is 18.5 Å². The molecule has 0 saturated heterocycles. The second-order valence-electron chi connectivity index (χ2n) is 6.94. The van der Waals surface area contributed by atoms with Crippen LogP contribution >= 0.6 is 0 Å². The average Bonchev–Trinajstić information content (AvgIpc) is 3.11. The molecular weight excluding hydrogens is 367 g/mol. The van der Waals surface area contributed by atoms with Crippen molar-refractivity contribution < 1.29 is 14.3 Å². The van der Waals surface area contributed by atoms with Gasteiger partial charge in [0.15, 0.2) is 0 Å². The van der Waals surface area contributed by atoms with Crippen molar-refractivity contribution in [1.82, 2.24) is 4.98 Å². The van der Waals surface area contributed by atoms with E-state index in [-0.39, 0.29) is 18.3 Å². The van der Waals surface area contributed by atoms with E-state index in [1.54, 1.807) is 36.4 Å². The molecule has 4 aromatic rings. The lowest BCUT2D eigenvalue weighted by atomic mass is 10.0. The summed E-state index contributed by atoms with van der Waals surface area (Å²) < 4.78 is 13.3. The molecular formula is C24H21FN2O2. The van der Waals surface area contributed by atoms with Crippen molar-refractivity contribution in [2.24, 2.45) is 0 Å². The van der Waals surface area contributed by atoms with Gasteiger partial charge < -0.3 is 15.4 Å². The standard InChI is InChI=1S/C24H21FN2O2/c25-18-10-8-17(9-11-18)24-21(20-6-1-2-7-22(20)27-24)12-13-23(29)26-19-5-3-4-16(14-19)15-28/h1-11,14,27-28H,12-13,15H2,(H,26,29). The lowest BCUT2D eigenvalue weighted by molar-refractivity contribution is -0.116. The molecule has 29 heavy (non-hydrogen) atoms. The van der Waals surface area contributed by atoms with Gasteiger partial charge in [-0.05, 0) is 65.6 Å². The molecule has 0 unspecified atom stereocenters. The fourth-order valence-corrected chi connectivity index (χ4v) is 3.53. The Kier molecular flexibility index (Phi) is 5.40. The minimum absolute atomic E-state index is 0.0694. The fourth-order valence-electron chi connectivity index (χ4n) is 3.53. The summed E-state index contributed by atoms with van der Waals surface area (Å²) in [7, 11) is 0. The fraction of sp³-hybridized carbons (Fsp3) is 0.125. The van der Waals surface area contributed by atoms with E-state index < -0.39 is 0 Å². The number of nitrogens with one attached hydrogen (secondary N) is 2. The van der Waals surface area contributed by atoms with Gasteiger partial charge in [0.2, 0.25) is 5.91 Å². The first-order valence-electron chi connectivity index (χ1n) is 9.49. The number of carbonyl (C=O) groups is 1. The Labute approximate surface area is 168 Å². The Morgan fingerprint density at radius 3 is 2.59 bits per heavy atom. The maximum atomic E-state index is 13.3. The molecule has 0 fully saturated rings. The number of anilines is 1. The molecule has 146 valence electrons. The first kappa shape index (κ1) is 18.9. The Morgan fingerprint density at radius 2 is 1.79 bits per heavy atom. The largest absolute Gasteiger partial charge is 0.392 e. The minimum atomic E-state index is -0.282. The third-order valence-corrected chi connectivity index (χ3v) is 4.94. The van der Waals surface area contributed by atoms with Gasteiger partial charge in [0.25, 0.3) is 0 Å². The van der Waals surface area contributed by atoms with Crippen LogP contribution < -0.4 is 5.32 Å². The highest BCUT2D eigenvalue weighted by Gasteiger charge is 2.14. The third-order valence-electron chi connectivity index (χ3n) is 4.94. The number of carbonyl (C=O) groups excluding carboxylic acids is 1. The van der Waals surface area contributed by atoms with Crippen LogP contribution in [0.2, 0.25) is 0 Å². The minimum Gasteiger partial charge on any atom is -0.392 e. The van der Waals surface area contributed by atoms with Gasteiger partial charge in [0.05, 0.1) is 6.61 Å². The van der Waals surface area contributed by atoms with E-state index in [2.05, 4.69) is 10.3 Å². The summed E-state index contributed by atoms with van der Waals surface area (Å²) in [5.41, 5.74) is 5.22. The number of benzene rings is 3. The summed E-state index contributed by atoms with van der Waals surface area (Å²) in [5.74, 6) is -0.383. The van der Waals surface area contributed by atoms with E-state index in [4.69, 9.17) is 0 Å². The highest BCUT2D eigenvalue weighted by molar-refractivity contribution is 5.94. The number of aliphatic hydroxyl groups excluding tert-OH is 1.